The molecule has 0 saturated heterocycles. The van der Waals surface area contributed by atoms with Crippen molar-refractivity contribution in [2.75, 3.05) is 6.61 Å². The predicted molar refractivity (Wildman–Crippen MR) is 125 cm³/mol. The molecule has 2 aromatic carbocycles. The molecule has 0 unspecified atom stereocenters. The Hall–Kier alpha value is -3.77. The molecule has 0 N–H and O–H groups in total. The zero-order valence-electron chi connectivity index (χ0n) is 18.2. The summed E-state index contributed by atoms with van der Waals surface area (Å²) in [5.74, 6) is -1.59. The van der Waals surface area contributed by atoms with Gasteiger partial charge in [0.25, 0.3) is 0 Å². The van der Waals surface area contributed by atoms with Crippen molar-refractivity contribution >= 4 is 33.8 Å². The number of aryl methyl sites for hydroxylation is 1. The standard InChI is InChI=1S/C25H19BrF2N2O4/c1-15-11-18(16(2)30(15)21-7-5-20(26)6-8-21)12-19(13-29)24(32)33-14-23(31)17-3-9-22(10-4-17)34-25(27)28/h3-12,25H,14H2,1-2H3/b19-12-. The van der Waals surface area contributed by atoms with E-state index >= 15 is 0 Å². The molecule has 6 nitrogen and oxygen atoms in total. The van der Waals surface area contributed by atoms with E-state index < -0.39 is 25.0 Å². The number of esters is 1. The average molecular weight is 529 g/mol. The number of halogens is 3. The maximum absolute atomic E-state index is 12.4. The normalized spacial score (nSPS) is 11.3. The topological polar surface area (TPSA) is 81.3 Å². The van der Waals surface area contributed by atoms with Gasteiger partial charge in [0.05, 0.1) is 0 Å². The highest BCUT2D eigenvalue weighted by Gasteiger charge is 2.17. The van der Waals surface area contributed by atoms with Gasteiger partial charge in [-0.2, -0.15) is 14.0 Å². The van der Waals surface area contributed by atoms with Gasteiger partial charge >= 0.3 is 12.6 Å². The van der Waals surface area contributed by atoms with E-state index in [1.807, 2.05) is 54.8 Å². The van der Waals surface area contributed by atoms with E-state index in [0.717, 1.165) is 21.5 Å². The number of nitrogens with zero attached hydrogens (tertiary/aromatic N) is 2. The summed E-state index contributed by atoms with van der Waals surface area (Å²) >= 11 is 3.41. The van der Waals surface area contributed by atoms with Gasteiger partial charge in [-0.15, -0.1) is 0 Å². The number of alkyl halides is 2. The summed E-state index contributed by atoms with van der Waals surface area (Å²) in [4.78, 5) is 24.7. The molecule has 9 heteroatoms. The largest absolute Gasteiger partial charge is 0.453 e. The number of ether oxygens (including phenoxy) is 2. The van der Waals surface area contributed by atoms with Gasteiger partial charge in [-0.25, -0.2) is 4.79 Å². The lowest BCUT2D eigenvalue weighted by molar-refractivity contribution is -0.137. The van der Waals surface area contributed by atoms with Crippen LogP contribution in [0, 0.1) is 25.2 Å². The Morgan fingerprint density at radius 1 is 1.12 bits per heavy atom. The van der Waals surface area contributed by atoms with Crippen molar-refractivity contribution in [2.45, 2.75) is 20.5 Å². The highest BCUT2D eigenvalue weighted by atomic mass is 79.9. The Morgan fingerprint density at radius 2 is 1.76 bits per heavy atom. The molecule has 0 aliphatic heterocycles. The molecule has 174 valence electrons. The van der Waals surface area contributed by atoms with E-state index in [1.165, 1.54) is 30.3 Å². The minimum atomic E-state index is -2.97. The van der Waals surface area contributed by atoms with E-state index in [9.17, 15) is 23.6 Å². The Kier molecular flexibility index (Phi) is 7.97. The van der Waals surface area contributed by atoms with Crippen LogP contribution in [-0.2, 0) is 9.53 Å². The van der Waals surface area contributed by atoms with Gasteiger partial charge in [-0.05, 0) is 80.1 Å². The zero-order valence-corrected chi connectivity index (χ0v) is 19.8. The number of hydrogen-bond donors (Lipinski definition) is 0. The molecule has 0 radical (unpaired) electrons. The molecular formula is C25H19BrF2N2O4. The molecule has 0 saturated carbocycles. The Bertz CT molecular complexity index is 1270. The minimum absolute atomic E-state index is 0.0982. The lowest BCUT2D eigenvalue weighted by Gasteiger charge is -2.09. The Morgan fingerprint density at radius 3 is 2.35 bits per heavy atom. The summed E-state index contributed by atoms with van der Waals surface area (Å²) in [7, 11) is 0. The van der Waals surface area contributed by atoms with Crippen molar-refractivity contribution in [1.29, 1.82) is 5.26 Å². The van der Waals surface area contributed by atoms with Gasteiger partial charge < -0.3 is 14.0 Å². The van der Waals surface area contributed by atoms with Gasteiger partial charge in [0.1, 0.15) is 17.4 Å². The van der Waals surface area contributed by atoms with Crippen molar-refractivity contribution < 1.29 is 27.8 Å². The van der Waals surface area contributed by atoms with E-state index in [1.54, 1.807) is 0 Å². The third-order valence-electron chi connectivity index (χ3n) is 4.93. The van der Waals surface area contributed by atoms with Crippen molar-refractivity contribution in [3.05, 3.63) is 87.2 Å². The molecule has 0 spiro atoms. The van der Waals surface area contributed by atoms with Crippen LogP contribution in [0.15, 0.2) is 64.6 Å². The van der Waals surface area contributed by atoms with Crippen molar-refractivity contribution in [1.82, 2.24) is 4.57 Å². The Labute approximate surface area is 203 Å². The fourth-order valence-electron chi connectivity index (χ4n) is 3.33. The van der Waals surface area contributed by atoms with Crippen LogP contribution in [0.5, 0.6) is 5.75 Å². The third-order valence-corrected chi connectivity index (χ3v) is 5.46. The van der Waals surface area contributed by atoms with Crippen LogP contribution in [0.4, 0.5) is 8.78 Å². The van der Waals surface area contributed by atoms with E-state index in [0.29, 0.717) is 5.56 Å². The number of carbonyl (C=O) groups is 2. The van der Waals surface area contributed by atoms with E-state index in [2.05, 4.69) is 20.7 Å². The van der Waals surface area contributed by atoms with Crippen LogP contribution in [0.1, 0.15) is 27.3 Å². The lowest BCUT2D eigenvalue weighted by Crippen LogP contribution is -2.15. The number of aromatic nitrogens is 1. The average Bonchev–Trinajstić information content (AvgIpc) is 3.09. The zero-order chi connectivity index (χ0) is 24.8. The quantitative estimate of drug-likeness (QED) is 0.160. The molecule has 0 aliphatic carbocycles. The van der Waals surface area contributed by atoms with Crippen LogP contribution in [0.25, 0.3) is 11.8 Å². The number of hydrogen-bond acceptors (Lipinski definition) is 5. The number of nitriles is 1. The van der Waals surface area contributed by atoms with Crippen LogP contribution in [-0.4, -0.2) is 29.5 Å². The second-order valence-corrected chi connectivity index (χ2v) is 8.13. The summed E-state index contributed by atoms with van der Waals surface area (Å²) in [6.07, 6.45) is 1.42. The number of ketones is 1. The first-order valence-electron chi connectivity index (χ1n) is 10.0. The SMILES string of the molecule is Cc1cc(/C=C(/C#N)C(=O)OCC(=O)c2ccc(OC(F)F)cc2)c(C)n1-c1ccc(Br)cc1. The summed E-state index contributed by atoms with van der Waals surface area (Å²) in [5, 5.41) is 9.47. The first-order valence-corrected chi connectivity index (χ1v) is 10.8. The smallest absolute Gasteiger partial charge is 0.387 e. The van der Waals surface area contributed by atoms with Crippen molar-refractivity contribution in [3.8, 4) is 17.5 Å². The first kappa shape index (κ1) is 24.9. The second kappa shape index (κ2) is 10.9. The van der Waals surface area contributed by atoms with Gasteiger partial charge in [-0.3, -0.25) is 4.79 Å². The van der Waals surface area contributed by atoms with Crippen molar-refractivity contribution in [2.24, 2.45) is 0 Å². The molecule has 3 rings (SSSR count). The molecule has 34 heavy (non-hydrogen) atoms. The van der Waals surface area contributed by atoms with Crippen LogP contribution in [0.2, 0.25) is 0 Å². The maximum atomic E-state index is 12.4. The fourth-order valence-corrected chi connectivity index (χ4v) is 3.59. The molecule has 3 aromatic rings. The molecule has 1 aromatic heterocycles. The maximum Gasteiger partial charge on any atom is 0.387 e. The summed E-state index contributed by atoms with van der Waals surface area (Å²) in [6, 6.07) is 16.4. The fraction of sp³-hybridized carbons (Fsp3) is 0.160. The summed E-state index contributed by atoms with van der Waals surface area (Å²) in [5.41, 5.74) is 3.21. The second-order valence-electron chi connectivity index (χ2n) is 7.21. The molecule has 0 aliphatic rings. The number of Topliss-reactive ketones (excluding diaryl/α,β-unsaturated/α-hetero) is 1. The van der Waals surface area contributed by atoms with Crippen LogP contribution in [0.3, 0.4) is 0 Å². The van der Waals surface area contributed by atoms with Crippen molar-refractivity contribution in [3.63, 3.8) is 0 Å². The molecule has 0 bridgehead atoms. The van der Waals surface area contributed by atoms with E-state index in [4.69, 9.17) is 4.74 Å². The summed E-state index contributed by atoms with van der Waals surface area (Å²) in [6.45, 7) is 0.196. The molecule has 0 fully saturated rings. The van der Waals surface area contributed by atoms with E-state index in [-0.39, 0.29) is 16.9 Å². The van der Waals surface area contributed by atoms with Gasteiger partial charge in [0, 0.05) is 27.1 Å². The lowest BCUT2D eigenvalue weighted by atomic mass is 10.1. The molecule has 1 heterocycles. The number of benzene rings is 2. The van der Waals surface area contributed by atoms with Crippen LogP contribution >= 0.6 is 15.9 Å². The number of carbonyl (C=O) groups excluding carboxylic acids is 2. The monoisotopic (exact) mass is 528 g/mol. The van der Waals surface area contributed by atoms with Gasteiger partial charge in [-0.1, -0.05) is 15.9 Å². The predicted octanol–water partition coefficient (Wildman–Crippen LogP) is 5.79. The minimum Gasteiger partial charge on any atom is -0.453 e. The first-order chi connectivity index (χ1) is 16.2. The van der Waals surface area contributed by atoms with Gasteiger partial charge in [0.15, 0.2) is 12.4 Å². The van der Waals surface area contributed by atoms with Gasteiger partial charge in [0.2, 0.25) is 0 Å². The van der Waals surface area contributed by atoms with Crippen LogP contribution < -0.4 is 4.74 Å². The number of rotatable bonds is 8. The molecular weight excluding hydrogens is 510 g/mol. The highest BCUT2D eigenvalue weighted by Crippen LogP contribution is 2.24. The molecule has 0 amide bonds. The summed E-state index contributed by atoms with van der Waals surface area (Å²) < 4.78 is 36.6. The Balaban J connectivity index is 1.72. The third kappa shape index (κ3) is 5.97. The highest BCUT2D eigenvalue weighted by molar-refractivity contribution is 9.10. The molecule has 0 atom stereocenters.